The standard InChI is InChI=1S/C13H18BrN3/c1-5-7-17(8-6-2)13(3,4)12-15-9-11(14)10-16-12/h5-6,9-10H,1-2,7-8H2,3-4H3. The lowest BCUT2D eigenvalue weighted by atomic mass is 10.0. The summed E-state index contributed by atoms with van der Waals surface area (Å²) in [4.78, 5) is 11.0. The molecule has 17 heavy (non-hydrogen) atoms. The molecule has 1 aromatic rings. The number of hydrogen-bond donors (Lipinski definition) is 0. The predicted molar refractivity (Wildman–Crippen MR) is 74.7 cm³/mol. The molecule has 0 amide bonds. The lowest BCUT2D eigenvalue weighted by molar-refractivity contribution is 0.143. The highest BCUT2D eigenvalue weighted by Gasteiger charge is 2.29. The molecule has 0 aromatic carbocycles. The Hall–Kier alpha value is -1.00. The summed E-state index contributed by atoms with van der Waals surface area (Å²) in [6, 6.07) is 0. The fraction of sp³-hybridized carbons (Fsp3) is 0.385. The van der Waals surface area contributed by atoms with E-state index < -0.39 is 0 Å². The van der Waals surface area contributed by atoms with Crippen molar-refractivity contribution >= 4 is 15.9 Å². The van der Waals surface area contributed by atoms with Crippen LogP contribution in [0.5, 0.6) is 0 Å². The van der Waals surface area contributed by atoms with Crippen LogP contribution in [0.25, 0.3) is 0 Å². The van der Waals surface area contributed by atoms with Gasteiger partial charge in [-0.2, -0.15) is 0 Å². The summed E-state index contributed by atoms with van der Waals surface area (Å²) >= 11 is 3.34. The summed E-state index contributed by atoms with van der Waals surface area (Å²) in [5, 5.41) is 0. The molecule has 0 saturated heterocycles. The number of aromatic nitrogens is 2. The van der Waals surface area contributed by atoms with Crippen LogP contribution in [0.4, 0.5) is 0 Å². The van der Waals surface area contributed by atoms with E-state index in [-0.39, 0.29) is 5.54 Å². The molecule has 0 aliphatic carbocycles. The first-order valence-corrected chi connectivity index (χ1v) is 6.26. The Bertz CT molecular complexity index is 374. The van der Waals surface area contributed by atoms with E-state index >= 15 is 0 Å². The van der Waals surface area contributed by atoms with Crippen LogP contribution in [0.2, 0.25) is 0 Å². The quantitative estimate of drug-likeness (QED) is 0.755. The zero-order valence-corrected chi connectivity index (χ0v) is 11.9. The van der Waals surface area contributed by atoms with Gasteiger partial charge in [0.15, 0.2) is 0 Å². The number of halogens is 1. The lowest BCUT2D eigenvalue weighted by Gasteiger charge is -2.35. The molecule has 1 heterocycles. The van der Waals surface area contributed by atoms with Gasteiger partial charge >= 0.3 is 0 Å². The molecule has 0 fully saturated rings. The van der Waals surface area contributed by atoms with Crippen molar-refractivity contribution in [2.24, 2.45) is 0 Å². The Morgan fingerprint density at radius 1 is 1.24 bits per heavy atom. The Labute approximate surface area is 111 Å². The molecule has 0 aliphatic rings. The summed E-state index contributed by atoms with van der Waals surface area (Å²) in [6.45, 7) is 13.3. The zero-order valence-electron chi connectivity index (χ0n) is 10.4. The fourth-order valence-corrected chi connectivity index (χ4v) is 1.82. The molecule has 92 valence electrons. The molecule has 4 heteroatoms. The number of rotatable bonds is 6. The highest BCUT2D eigenvalue weighted by Crippen LogP contribution is 2.24. The second kappa shape index (κ2) is 6.07. The zero-order chi connectivity index (χ0) is 12.9. The summed E-state index contributed by atoms with van der Waals surface area (Å²) in [6.07, 6.45) is 7.29. The molecular weight excluding hydrogens is 278 g/mol. The highest BCUT2D eigenvalue weighted by molar-refractivity contribution is 9.10. The molecule has 0 bridgehead atoms. The summed E-state index contributed by atoms with van der Waals surface area (Å²) in [7, 11) is 0. The van der Waals surface area contributed by atoms with Crippen molar-refractivity contribution in [3.63, 3.8) is 0 Å². The molecule has 0 aliphatic heterocycles. The van der Waals surface area contributed by atoms with E-state index in [0.717, 1.165) is 23.4 Å². The van der Waals surface area contributed by atoms with Crippen LogP contribution in [-0.4, -0.2) is 28.0 Å². The summed E-state index contributed by atoms with van der Waals surface area (Å²) in [5.41, 5.74) is -0.247. The average Bonchev–Trinajstić information content (AvgIpc) is 2.29. The third kappa shape index (κ3) is 3.48. The van der Waals surface area contributed by atoms with Gasteiger partial charge in [0.1, 0.15) is 5.82 Å². The smallest absolute Gasteiger partial charge is 0.147 e. The second-order valence-corrected chi connectivity index (χ2v) is 5.18. The molecule has 1 rings (SSSR count). The van der Waals surface area contributed by atoms with Crippen LogP contribution >= 0.6 is 15.9 Å². The second-order valence-electron chi connectivity index (χ2n) is 4.27. The van der Waals surface area contributed by atoms with Crippen LogP contribution in [0, 0.1) is 0 Å². The first kappa shape index (κ1) is 14.1. The largest absolute Gasteiger partial charge is 0.284 e. The van der Waals surface area contributed by atoms with Gasteiger partial charge < -0.3 is 0 Å². The van der Waals surface area contributed by atoms with Gasteiger partial charge in [-0.1, -0.05) is 12.2 Å². The van der Waals surface area contributed by atoms with E-state index in [1.165, 1.54) is 0 Å². The summed E-state index contributed by atoms with van der Waals surface area (Å²) < 4.78 is 0.885. The summed E-state index contributed by atoms with van der Waals surface area (Å²) in [5.74, 6) is 0.796. The van der Waals surface area contributed by atoms with Gasteiger partial charge in [-0.15, -0.1) is 13.2 Å². The van der Waals surface area contributed by atoms with Crippen molar-refractivity contribution in [3.05, 3.63) is 48.0 Å². The van der Waals surface area contributed by atoms with Gasteiger partial charge in [0.25, 0.3) is 0 Å². The van der Waals surface area contributed by atoms with E-state index in [2.05, 4.69) is 57.8 Å². The van der Waals surface area contributed by atoms with Crippen molar-refractivity contribution in [3.8, 4) is 0 Å². The Balaban J connectivity index is 3.00. The fourth-order valence-electron chi connectivity index (χ4n) is 1.61. The molecule has 0 atom stereocenters. The maximum absolute atomic E-state index is 4.37. The van der Waals surface area contributed by atoms with E-state index in [9.17, 15) is 0 Å². The van der Waals surface area contributed by atoms with Crippen molar-refractivity contribution in [2.75, 3.05) is 13.1 Å². The monoisotopic (exact) mass is 295 g/mol. The van der Waals surface area contributed by atoms with Gasteiger partial charge in [-0.3, -0.25) is 4.90 Å². The van der Waals surface area contributed by atoms with Gasteiger partial charge in [-0.25, -0.2) is 9.97 Å². The first-order valence-electron chi connectivity index (χ1n) is 5.47. The highest BCUT2D eigenvalue weighted by atomic mass is 79.9. The van der Waals surface area contributed by atoms with Gasteiger partial charge in [0, 0.05) is 25.5 Å². The van der Waals surface area contributed by atoms with Crippen molar-refractivity contribution in [1.29, 1.82) is 0 Å². The van der Waals surface area contributed by atoms with Gasteiger partial charge in [0.2, 0.25) is 0 Å². The normalized spacial score (nSPS) is 11.5. The predicted octanol–water partition coefficient (Wildman–Crippen LogP) is 3.15. The minimum atomic E-state index is -0.247. The lowest BCUT2D eigenvalue weighted by Crippen LogP contribution is -2.43. The molecular formula is C13H18BrN3. The van der Waals surface area contributed by atoms with Gasteiger partial charge in [0.05, 0.1) is 10.0 Å². The minimum absolute atomic E-state index is 0.247. The SMILES string of the molecule is C=CCN(CC=C)C(C)(C)c1ncc(Br)cn1. The molecule has 0 unspecified atom stereocenters. The maximum atomic E-state index is 4.37. The first-order chi connectivity index (χ1) is 8.02. The van der Waals surface area contributed by atoms with E-state index in [4.69, 9.17) is 0 Å². The van der Waals surface area contributed by atoms with Crippen molar-refractivity contribution in [2.45, 2.75) is 19.4 Å². The topological polar surface area (TPSA) is 29.0 Å². The molecule has 0 radical (unpaired) electrons. The third-order valence-corrected chi connectivity index (χ3v) is 3.07. The van der Waals surface area contributed by atoms with E-state index in [1.807, 2.05) is 12.2 Å². The Morgan fingerprint density at radius 2 is 1.71 bits per heavy atom. The maximum Gasteiger partial charge on any atom is 0.147 e. The van der Waals surface area contributed by atoms with Crippen molar-refractivity contribution in [1.82, 2.24) is 14.9 Å². The molecule has 1 aromatic heterocycles. The molecule has 0 N–H and O–H groups in total. The third-order valence-electron chi connectivity index (χ3n) is 2.66. The van der Waals surface area contributed by atoms with Gasteiger partial charge in [-0.05, 0) is 29.8 Å². The van der Waals surface area contributed by atoms with Crippen LogP contribution < -0.4 is 0 Å². The van der Waals surface area contributed by atoms with Crippen LogP contribution in [0.3, 0.4) is 0 Å². The number of hydrogen-bond acceptors (Lipinski definition) is 3. The van der Waals surface area contributed by atoms with Crippen LogP contribution in [0.1, 0.15) is 19.7 Å². The molecule has 0 saturated carbocycles. The van der Waals surface area contributed by atoms with Crippen LogP contribution in [0.15, 0.2) is 42.2 Å². The van der Waals surface area contributed by atoms with E-state index in [1.54, 1.807) is 12.4 Å². The minimum Gasteiger partial charge on any atom is -0.284 e. The molecule has 3 nitrogen and oxygen atoms in total. The van der Waals surface area contributed by atoms with Crippen molar-refractivity contribution < 1.29 is 0 Å². The average molecular weight is 296 g/mol. The van der Waals surface area contributed by atoms with Crippen LogP contribution in [-0.2, 0) is 5.54 Å². The molecule has 0 spiro atoms. The Kier molecular flexibility index (Phi) is 5.02. The van der Waals surface area contributed by atoms with E-state index in [0.29, 0.717) is 0 Å². The number of nitrogens with zero attached hydrogens (tertiary/aromatic N) is 3. The Morgan fingerprint density at radius 3 is 2.12 bits per heavy atom.